The van der Waals surface area contributed by atoms with Crippen LogP contribution in [0.15, 0.2) is 0 Å². The molecule has 0 aromatic carbocycles. The predicted molar refractivity (Wildman–Crippen MR) is 45.7 cm³/mol. The van der Waals surface area contributed by atoms with Gasteiger partial charge in [-0.15, -0.1) is 0 Å². The maximum Gasteiger partial charge on any atom is -0.0386 e. The Hall–Kier alpha value is 0. The van der Waals surface area contributed by atoms with E-state index >= 15 is 0 Å². The van der Waals surface area contributed by atoms with Crippen molar-refractivity contribution in [2.24, 2.45) is 11.8 Å². The molecule has 0 heterocycles. The summed E-state index contributed by atoms with van der Waals surface area (Å²) in [6.07, 6.45) is 9.46. The second-order valence-corrected chi connectivity index (χ2v) is 3.59. The van der Waals surface area contributed by atoms with E-state index in [9.17, 15) is 0 Å². The Labute approximate surface area is 65.0 Å². The van der Waals surface area contributed by atoms with E-state index in [0.717, 1.165) is 11.8 Å². The molecule has 0 nitrogen and oxygen atoms in total. The van der Waals surface area contributed by atoms with Gasteiger partial charge in [0, 0.05) is 0 Å². The van der Waals surface area contributed by atoms with Crippen LogP contribution in [0.25, 0.3) is 0 Å². The van der Waals surface area contributed by atoms with Gasteiger partial charge in [0.25, 0.3) is 0 Å². The molecule has 1 saturated carbocycles. The van der Waals surface area contributed by atoms with E-state index in [1.54, 1.807) is 0 Å². The molecule has 0 amide bonds. The maximum absolute atomic E-state index is 2.44. The van der Waals surface area contributed by atoms with Crippen molar-refractivity contribution < 1.29 is 0 Å². The molecule has 1 aliphatic rings. The minimum atomic E-state index is 0.966. The molecule has 59 valence electrons. The molecule has 0 bridgehead atoms. The zero-order valence-corrected chi connectivity index (χ0v) is 7.27. The van der Waals surface area contributed by atoms with Crippen molar-refractivity contribution in [1.29, 1.82) is 0 Å². The highest BCUT2D eigenvalue weighted by molar-refractivity contribution is 4.78. The summed E-state index contributed by atoms with van der Waals surface area (Å²) in [5, 5.41) is 0. The summed E-state index contributed by atoms with van der Waals surface area (Å²) in [5.74, 6) is 2.00. The third-order valence-corrected chi connectivity index (χ3v) is 2.93. The molecule has 1 unspecified atom stereocenters. The maximum atomic E-state index is 2.44. The van der Waals surface area contributed by atoms with Crippen molar-refractivity contribution >= 4 is 0 Å². The molecule has 0 saturated heterocycles. The lowest BCUT2D eigenvalue weighted by atomic mass is 9.80. The van der Waals surface area contributed by atoms with Crippen LogP contribution < -0.4 is 0 Å². The van der Waals surface area contributed by atoms with Crippen molar-refractivity contribution in [2.45, 2.75) is 46.0 Å². The van der Waals surface area contributed by atoms with E-state index in [0.29, 0.717) is 0 Å². The first-order chi connectivity index (χ1) is 4.84. The van der Waals surface area contributed by atoms with E-state index in [-0.39, 0.29) is 0 Å². The number of hydrogen-bond donors (Lipinski definition) is 0. The molecule has 0 aliphatic heterocycles. The molecule has 10 heavy (non-hydrogen) atoms. The van der Waals surface area contributed by atoms with Crippen molar-refractivity contribution in [3.63, 3.8) is 0 Å². The average Bonchev–Trinajstić information content (AvgIpc) is 2.05. The monoisotopic (exact) mass is 139 g/mol. The molecule has 1 radical (unpaired) electrons. The predicted octanol–water partition coefficient (Wildman–Crippen LogP) is 3.43. The Bertz CT molecular complexity index is 80.0. The van der Waals surface area contributed by atoms with Crippen LogP contribution in [0.1, 0.15) is 46.0 Å². The summed E-state index contributed by atoms with van der Waals surface area (Å²) >= 11 is 0. The lowest BCUT2D eigenvalue weighted by Gasteiger charge is -2.26. The van der Waals surface area contributed by atoms with Gasteiger partial charge in [0.1, 0.15) is 0 Å². The smallest absolute Gasteiger partial charge is 0.0386 e. The molecular weight excluding hydrogens is 120 g/mol. The van der Waals surface area contributed by atoms with Gasteiger partial charge in [-0.25, -0.2) is 0 Å². The Balaban J connectivity index is 2.24. The van der Waals surface area contributed by atoms with Crippen LogP contribution in [-0.2, 0) is 0 Å². The summed E-state index contributed by atoms with van der Waals surface area (Å²) in [6, 6.07) is 0. The van der Waals surface area contributed by atoms with Gasteiger partial charge in [-0.1, -0.05) is 20.3 Å². The highest BCUT2D eigenvalue weighted by Gasteiger charge is 2.17. The Morgan fingerprint density at radius 2 is 2.00 bits per heavy atom. The molecule has 1 fully saturated rings. The molecule has 0 aromatic heterocycles. The zero-order chi connectivity index (χ0) is 7.40. The fraction of sp³-hybridized carbons (Fsp3) is 0.900. The van der Waals surface area contributed by atoms with Gasteiger partial charge in [0.2, 0.25) is 0 Å². The van der Waals surface area contributed by atoms with Gasteiger partial charge in [-0.2, -0.15) is 0 Å². The van der Waals surface area contributed by atoms with Crippen molar-refractivity contribution in [1.82, 2.24) is 0 Å². The standard InChI is InChI=1S/C10H19/c1-3-9(2)10-7-5-4-6-8-10/h4,9-10H,3,5-8H2,1-2H3. The second-order valence-electron chi connectivity index (χ2n) is 3.59. The van der Waals surface area contributed by atoms with Gasteiger partial charge in [-0.05, 0) is 43.9 Å². The summed E-state index contributed by atoms with van der Waals surface area (Å²) < 4.78 is 0. The van der Waals surface area contributed by atoms with Crippen molar-refractivity contribution in [3.8, 4) is 0 Å². The summed E-state index contributed by atoms with van der Waals surface area (Å²) in [6.45, 7) is 4.71. The van der Waals surface area contributed by atoms with Crippen LogP contribution in [0.2, 0.25) is 0 Å². The third kappa shape index (κ3) is 2.00. The molecule has 1 rings (SSSR count). The minimum Gasteiger partial charge on any atom is -0.0651 e. The highest BCUT2D eigenvalue weighted by Crippen LogP contribution is 2.30. The van der Waals surface area contributed by atoms with Gasteiger partial charge in [-0.3, -0.25) is 0 Å². The van der Waals surface area contributed by atoms with Crippen LogP contribution in [0.4, 0.5) is 0 Å². The minimum absolute atomic E-state index is 0.966. The number of hydrogen-bond acceptors (Lipinski definition) is 0. The van der Waals surface area contributed by atoms with Crippen molar-refractivity contribution in [3.05, 3.63) is 6.42 Å². The van der Waals surface area contributed by atoms with Gasteiger partial charge < -0.3 is 0 Å². The summed E-state index contributed by atoms with van der Waals surface area (Å²) in [7, 11) is 0. The molecule has 1 atom stereocenters. The first-order valence-electron chi connectivity index (χ1n) is 4.66. The van der Waals surface area contributed by atoms with Crippen molar-refractivity contribution in [2.75, 3.05) is 0 Å². The zero-order valence-electron chi connectivity index (χ0n) is 7.27. The second kappa shape index (κ2) is 4.00. The first kappa shape index (κ1) is 8.10. The molecule has 0 spiro atoms. The Morgan fingerprint density at radius 1 is 1.40 bits per heavy atom. The van der Waals surface area contributed by atoms with E-state index in [1.807, 2.05) is 0 Å². The third-order valence-electron chi connectivity index (χ3n) is 2.93. The van der Waals surface area contributed by atoms with E-state index in [4.69, 9.17) is 0 Å². The average molecular weight is 139 g/mol. The number of rotatable bonds is 2. The summed E-state index contributed by atoms with van der Waals surface area (Å²) in [5.41, 5.74) is 0. The topological polar surface area (TPSA) is 0 Å². The van der Waals surface area contributed by atoms with Gasteiger partial charge in [0.15, 0.2) is 0 Å². The fourth-order valence-electron chi connectivity index (χ4n) is 1.85. The van der Waals surface area contributed by atoms with Crippen LogP contribution in [0, 0.1) is 18.3 Å². The fourth-order valence-corrected chi connectivity index (χ4v) is 1.85. The van der Waals surface area contributed by atoms with Crippen LogP contribution in [0.5, 0.6) is 0 Å². The molecule has 0 heteroatoms. The van der Waals surface area contributed by atoms with Gasteiger partial charge >= 0.3 is 0 Å². The molecule has 0 N–H and O–H groups in total. The van der Waals surface area contributed by atoms with Gasteiger partial charge in [0.05, 0.1) is 0 Å². The Morgan fingerprint density at radius 3 is 2.50 bits per heavy atom. The van der Waals surface area contributed by atoms with E-state index in [1.165, 1.54) is 32.1 Å². The molecule has 1 aliphatic carbocycles. The quantitative estimate of drug-likeness (QED) is 0.550. The first-order valence-corrected chi connectivity index (χ1v) is 4.66. The summed E-state index contributed by atoms with van der Waals surface area (Å²) in [4.78, 5) is 0. The lowest BCUT2D eigenvalue weighted by molar-refractivity contribution is 0.283. The lowest BCUT2D eigenvalue weighted by Crippen LogP contribution is -2.14. The molecular formula is C10H19. The van der Waals surface area contributed by atoms with E-state index < -0.39 is 0 Å². The largest absolute Gasteiger partial charge is 0.0651 e. The SMILES string of the molecule is CCC(C)C1CC[CH]CC1. The highest BCUT2D eigenvalue weighted by atomic mass is 14.2. The van der Waals surface area contributed by atoms with Crippen LogP contribution in [0.3, 0.4) is 0 Å². The van der Waals surface area contributed by atoms with E-state index in [2.05, 4.69) is 20.3 Å². The van der Waals surface area contributed by atoms with Crippen LogP contribution >= 0.6 is 0 Å². The molecule has 0 aromatic rings. The normalized spacial score (nSPS) is 24.6. The Kier molecular flexibility index (Phi) is 3.24. The van der Waals surface area contributed by atoms with Crippen LogP contribution in [-0.4, -0.2) is 0 Å².